The van der Waals surface area contributed by atoms with Crippen molar-refractivity contribution < 1.29 is 9.63 Å². The van der Waals surface area contributed by atoms with Gasteiger partial charge in [-0.05, 0) is 17.9 Å². The Hall–Kier alpha value is -0.610. The Labute approximate surface area is 91.7 Å². The summed E-state index contributed by atoms with van der Waals surface area (Å²) in [6, 6.07) is 0. The maximum absolute atomic E-state index is 11.6. The summed E-state index contributed by atoms with van der Waals surface area (Å²) in [7, 11) is 0. The van der Waals surface area contributed by atoms with Crippen molar-refractivity contribution in [3.63, 3.8) is 0 Å². The molecule has 0 aromatic heterocycles. The van der Waals surface area contributed by atoms with Gasteiger partial charge in [-0.2, -0.15) is 0 Å². The summed E-state index contributed by atoms with van der Waals surface area (Å²) in [5, 5.41) is 1.48. The molecule has 4 heteroatoms. The van der Waals surface area contributed by atoms with Crippen LogP contribution in [0.15, 0.2) is 0 Å². The molecule has 88 valence electrons. The van der Waals surface area contributed by atoms with Crippen LogP contribution in [0.5, 0.6) is 0 Å². The van der Waals surface area contributed by atoms with Crippen LogP contribution in [0.2, 0.25) is 0 Å². The van der Waals surface area contributed by atoms with Crippen LogP contribution in [-0.2, 0) is 9.63 Å². The second-order valence-electron chi connectivity index (χ2n) is 5.46. The standard InChI is InChI=1S/C11H22N2O2/c1-8(6-12)7-13-10(14)5-9(15-13)11(2,3)4/h8-9H,5-7,12H2,1-4H3. The van der Waals surface area contributed by atoms with Crippen LogP contribution in [0, 0.1) is 11.3 Å². The van der Waals surface area contributed by atoms with Crippen LogP contribution < -0.4 is 5.73 Å². The minimum Gasteiger partial charge on any atom is -0.330 e. The highest BCUT2D eigenvalue weighted by Gasteiger charge is 2.38. The van der Waals surface area contributed by atoms with Gasteiger partial charge in [0.05, 0.1) is 19.1 Å². The average Bonchev–Trinajstić information content (AvgIpc) is 2.47. The average molecular weight is 214 g/mol. The van der Waals surface area contributed by atoms with Crippen molar-refractivity contribution >= 4 is 5.91 Å². The topological polar surface area (TPSA) is 55.6 Å². The Bertz CT molecular complexity index is 235. The first-order valence-corrected chi connectivity index (χ1v) is 5.51. The number of carbonyl (C=O) groups excluding carboxylic acids is 1. The fourth-order valence-electron chi connectivity index (χ4n) is 1.48. The predicted molar refractivity (Wildman–Crippen MR) is 58.9 cm³/mol. The van der Waals surface area contributed by atoms with E-state index in [-0.39, 0.29) is 23.3 Å². The third kappa shape index (κ3) is 3.18. The number of nitrogens with zero attached hydrogens (tertiary/aromatic N) is 1. The first-order chi connectivity index (χ1) is 6.84. The summed E-state index contributed by atoms with van der Waals surface area (Å²) in [4.78, 5) is 17.3. The third-order valence-corrected chi connectivity index (χ3v) is 2.74. The van der Waals surface area contributed by atoms with E-state index >= 15 is 0 Å². The van der Waals surface area contributed by atoms with Crippen LogP contribution in [0.1, 0.15) is 34.1 Å². The molecule has 0 aromatic carbocycles. The van der Waals surface area contributed by atoms with Gasteiger partial charge in [-0.1, -0.05) is 27.7 Å². The van der Waals surface area contributed by atoms with Gasteiger partial charge >= 0.3 is 0 Å². The maximum Gasteiger partial charge on any atom is 0.248 e. The highest BCUT2D eigenvalue weighted by molar-refractivity contribution is 5.77. The Balaban J connectivity index is 2.53. The summed E-state index contributed by atoms with van der Waals surface area (Å²) in [6.07, 6.45) is 0.482. The van der Waals surface area contributed by atoms with Crippen LogP contribution in [-0.4, -0.2) is 30.2 Å². The van der Waals surface area contributed by atoms with Crippen molar-refractivity contribution in [1.82, 2.24) is 5.06 Å². The molecule has 0 spiro atoms. The zero-order valence-electron chi connectivity index (χ0n) is 10.1. The van der Waals surface area contributed by atoms with Crippen molar-refractivity contribution in [2.24, 2.45) is 17.1 Å². The fourth-order valence-corrected chi connectivity index (χ4v) is 1.48. The molecule has 1 heterocycles. The lowest BCUT2D eigenvalue weighted by Gasteiger charge is -2.26. The van der Waals surface area contributed by atoms with Gasteiger partial charge in [0, 0.05) is 0 Å². The number of nitrogens with two attached hydrogens (primary N) is 1. The fraction of sp³-hybridized carbons (Fsp3) is 0.909. The molecule has 4 nitrogen and oxygen atoms in total. The molecular formula is C11H22N2O2. The second kappa shape index (κ2) is 4.49. The van der Waals surface area contributed by atoms with Crippen molar-refractivity contribution in [3.05, 3.63) is 0 Å². The van der Waals surface area contributed by atoms with E-state index in [9.17, 15) is 4.79 Å². The van der Waals surface area contributed by atoms with Crippen molar-refractivity contribution in [1.29, 1.82) is 0 Å². The van der Waals surface area contributed by atoms with Crippen LogP contribution >= 0.6 is 0 Å². The van der Waals surface area contributed by atoms with Gasteiger partial charge in [-0.25, -0.2) is 5.06 Å². The number of hydroxylamine groups is 2. The Kier molecular flexibility index (Phi) is 3.73. The molecule has 0 radical (unpaired) electrons. The highest BCUT2D eigenvalue weighted by atomic mass is 16.7. The molecule has 1 aliphatic rings. The van der Waals surface area contributed by atoms with Crippen molar-refractivity contribution in [2.45, 2.75) is 40.2 Å². The van der Waals surface area contributed by atoms with Crippen molar-refractivity contribution in [2.75, 3.05) is 13.1 Å². The van der Waals surface area contributed by atoms with E-state index in [4.69, 9.17) is 10.6 Å². The van der Waals surface area contributed by atoms with E-state index in [0.29, 0.717) is 19.5 Å². The maximum atomic E-state index is 11.6. The zero-order valence-corrected chi connectivity index (χ0v) is 10.1. The first kappa shape index (κ1) is 12.5. The van der Waals surface area contributed by atoms with Gasteiger partial charge in [-0.3, -0.25) is 9.63 Å². The molecule has 0 bridgehead atoms. The van der Waals surface area contributed by atoms with E-state index < -0.39 is 0 Å². The summed E-state index contributed by atoms with van der Waals surface area (Å²) < 4.78 is 0. The van der Waals surface area contributed by atoms with Gasteiger partial charge in [-0.15, -0.1) is 0 Å². The third-order valence-electron chi connectivity index (χ3n) is 2.74. The molecule has 2 atom stereocenters. The molecule has 0 aromatic rings. The SMILES string of the molecule is CC(CN)CN1OC(C(C)(C)C)CC1=O. The summed E-state index contributed by atoms with van der Waals surface area (Å²) in [6.45, 7) is 9.44. The summed E-state index contributed by atoms with van der Waals surface area (Å²) in [5.74, 6) is 0.364. The number of carbonyl (C=O) groups is 1. The highest BCUT2D eigenvalue weighted by Crippen LogP contribution is 2.31. The Morgan fingerprint density at radius 3 is 2.60 bits per heavy atom. The van der Waals surface area contributed by atoms with Gasteiger partial charge in [0.15, 0.2) is 0 Å². The minimum atomic E-state index is -0.00465. The molecule has 1 aliphatic heterocycles. The lowest BCUT2D eigenvalue weighted by atomic mass is 9.87. The molecule has 2 N–H and O–H groups in total. The molecule has 0 aliphatic carbocycles. The van der Waals surface area contributed by atoms with Gasteiger partial charge in [0.25, 0.3) is 0 Å². The lowest BCUT2D eigenvalue weighted by Crippen LogP contribution is -2.33. The molecule has 1 amide bonds. The second-order valence-corrected chi connectivity index (χ2v) is 5.46. The Morgan fingerprint density at radius 2 is 2.20 bits per heavy atom. The smallest absolute Gasteiger partial charge is 0.248 e. The van der Waals surface area contributed by atoms with Crippen molar-refractivity contribution in [3.8, 4) is 0 Å². The molecule has 0 saturated carbocycles. The molecule has 15 heavy (non-hydrogen) atoms. The molecule has 1 saturated heterocycles. The van der Waals surface area contributed by atoms with Crippen LogP contribution in [0.4, 0.5) is 0 Å². The zero-order chi connectivity index (χ0) is 11.6. The van der Waals surface area contributed by atoms with E-state index in [1.54, 1.807) is 0 Å². The normalized spacial score (nSPS) is 24.7. The summed E-state index contributed by atoms with van der Waals surface area (Å²) in [5.41, 5.74) is 5.53. The molecule has 1 rings (SSSR count). The van der Waals surface area contributed by atoms with E-state index in [1.807, 2.05) is 6.92 Å². The molecular weight excluding hydrogens is 192 g/mol. The van der Waals surface area contributed by atoms with E-state index in [0.717, 1.165) is 0 Å². The largest absolute Gasteiger partial charge is 0.330 e. The van der Waals surface area contributed by atoms with Crippen LogP contribution in [0.25, 0.3) is 0 Å². The van der Waals surface area contributed by atoms with Gasteiger partial charge in [0.1, 0.15) is 0 Å². The minimum absolute atomic E-state index is 0.00465. The summed E-state index contributed by atoms with van der Waals surface area (Å²) >= 11 is 0. The monoisotopic (exact) mass is 214 g/mol. The molecule has 1 fully saturated rings. The number of hydrogen-bond acceptors (Lipinski definition) is 3. The number of amides is 1. The number of rotatable bonds is 3. The first-order valence-electron chi connectivity index (χ1n) is 5.51. The quantitative estimate of drug-likeness (QED) is 0.767. The number of hydrogen-bond donors (Lipinski definition) is 1. The van der Waals surface area contributed by atoms with Gasteiger partial charge < -0.3 is 5.73 Å². The van der Waals surface area contributed by atoms with Crippen LogP contribution in [0.3, 0.4) is 0 Å². The van der Waals surface area contributed by atoms with E-state index in [2.05, 4.69) is 20.8 Å². The lowest BCUT2D eigenvalue weighted by molar-refractivity contribution is -0.188. The Morgan fingerprint density at radius 1 is 1.60 bits per heavy atom. The molecule has 2 unspecified atom stereocenters. The van der Waals surface area contributed by atoms with Gasteiger partial charge in [0.2, 0.25) is 5.91 Å². The predicted octanol–water partition coefficient (Wildman–Crippen LogP) is 1.16. The van der Waals surface area contributed by atoms with E-state index in [1.165, 1.54) is 5.06 Å².